The van der Waals surface area contributed by atoms with Gasteiger partial charge in [-0.2, -0.15) is 5.10 Å². The molecule has 0 atom stereocenters. The van der Waals surface area contributed by atoms with E-state index in [1.54, 1.807) is 7.11 Å². The largest absolute Gasteiger partial charge is 0.497 e. The number of aromatic nitrogens is 2. The molecular formula is C23H30N4O2. The molecule has 0 bridgehead atoms. The van der Waals surface area contributed by atoms with Gasteiger partial charge in [0.05, 0.1) is 19.4 Å². The van der Waals surface area contributed by atoms with Gasteiger partial charge in [0.25, 0.3) is 0 Å². The van der Waals surface area contributed by atoms with Crippen LogP contribution in [0, 0.1) is 0 Å². The summed E-state index contributed by atoms with van der Waals surface area (Å²) in [5.74, 6) is 1.57. The van der Waals surface area contributed by atoms with Crippen LogP contribution in [-0.2, 0) is 4.84 Å². The molecule has 1 aliphatic heterocycles. The van der Waals surface area contributed by atoms with Gasteiger partial charge in [0.1, 0.15) is 5.75 Å². The standard InChI is InChI=1S/C23H30N4O2/c1-28-21-10-9-18-15-20(8-7-19(18)16-21)22-17-23(25-24-22)26-29-14-6-5-13-27-11-3-2-4-12-27/h7-10,15-17H,2-6,11-14H2,1H3,(H2,24,25,26). The highest BCUT2D eigenvalue weighted by molar-refractivity contribution is 5.88. The van der Waals surface area contributed by atoms with Gasteiger partial charge < -0.3 is 9.64 Å². The number of fused-ring (bicyclic) bond motifs is 1. The van der Waals surface area contributed by atoms with Crippen molar-refractivity contribution in [2.24, 2.45) is 0 Å². The highest BCUT2D eigenvalue weighted by Gasteiger charge is 2.09. The second-order valence-corrected chi connectivity index (χ2v) is 7.65. The number of rotatable bonds is 9. The Morgan fingerprint density at radius 1 is 1.00 bits per heavy atom. The SMILES string of the molecule is COc1ccc2cc(-c3cc(NOCCCCN4CCCCC4)n[nH]3)ccc2c1. The van der Waals surface area contributed by atoms with Crippen molar-refractivity contribution in [3.8, 4) is 17.0 Å². The minimum atomic E-state index is 0.688. The number of nitrogens with zero attached hydrogens (tertiary/aromatic N) is 2. The molecule has 29 heavy (non-hydrogen) atoms. The lowest BCUT2D eigenvalue weighted by Crippen LogP contribution is -2.30. The Balaban J connectivity index is 1.24. The molecule has 4 rings (SSSR count). The Morgan fingerprint density at radius 3 is 2.69 bits per heavy atom. The zero-order chi connectivity index (χ0) is 19.9. The molecule has 0 amide bonds. The van der Waals surface area contributed by atoms with Gasteiger partial charge in [-0.15, -0.1) is 0 Å². The minimum absolute atomic E-state index is 0.688. The van der Waals surface area contributed by atoms with Crippen molar-refractivity contribution in [3.05, 3.63) is 42.5 Å². The molecule has 0 radical (unpaired) electrons. The third-order valence-corrected chi connectivity index (χ3v) is 5.53. The van der Waals surface area contributed by atoms with E-state index in [0.717, 1.165) is 34.2 Å². The predicted octanol–water partition coefficient (Wildman–Crippen LogP) is 4.85. The summed E-state index contributed by atoms with van der Waals surface area (Å²) in [5.41, 5.74) is 5.00. The number of unbranched alkanes of at least 4 members (excludes halogenated alkanes) is 1. The maximum absolute atomic E-state index is 5.59. The summed E-state index contributed by atoms with van der Waals surface area (Å²) >= 11 is 0. The molecule has 2 N–H and O–H groups in total. The second kappa shape index (κ2) is 9.76. The Bertz CT molecular complexity index is 918. The summed E-state index contributed by atoms with van der Waals surface area (Å²) < 4.78 is 5.29. The molecule has 2 aromatic carbocycles. The number of ether oxygens (including phenoxy) is 1. The molecule has 0 aliphatic carbocycles. The van der Waals surface area contributed by atoms with E-state index in [0.29, 0.717) is 12.4 Å². The van der Waals surface area contributed by atoms with Crippen LogP contribution in [0.3, 0.4) is 0 Å². The van der Waals surface area contributed by atoms with Gasteiger partial charge in [-0.1, -0.05) is 24.6 Å². The van der Waals surface area contributed by atoms with Crippen molar-refractivity contribution in [1.82, 2.24) is 15.1 Å². The van der Waals surface area contributed by atoms with Gasteiger partial charge >= 0.3 is 0 Å². The molecule has 6 heteroatoms. The van der Waals surface area contributed by atoms with E-state index in [-0.39, 0.29) is 0 Å². The monoisotopic (exact) mass is 394 g/mol. The van der Waals surface area contributed by atoms with E-state index in [1.165, 1.54) is 45.3 Å². The number of piperidine rings is 1. The number of nitrogens with one attached hydrogen (secondary N) is 2. The number of benzene rings is 2. The van der Waals surface area contributed by atoms with Crippen LogP contribution in [0.4, 0.5) is 5.82 Å². The van der Waals surface area contributed by atoms with Crippen LogP contribution in [0.25, 0.3) is 22.0 Å². The quantitative estimate of drug-likeness (QED) is 0.401. The first-order valence-corrected chi connectivity index (χ1v) is 10.6. The lowest BCUT2D eigenvalue weighted by atomic mass is 10.0. The number of hydrogen-bond donors (Lipinski definition) is 2. The first-order chi connectivity index (χ1) is 14.3. The maximum atomic E-state index is 5.59. The number of likely N-dealkylation sites (tertiary alicyclic amines) is 1. The van der Waals surface area contributed by atoms with Crippen LogP contribution in [0.15, 0.2) is 42.5 Å². The fourth-order valence-electron chi connectivity index (χ4n) is 3.86. The molecule has 6 nitrogen and oxygen atoms in total. The van der Waals surface area contributed by atoms with Crippen molar-refractivity contribution >= 4 is 16.6 Å². The average molecular weight is 395 g/mol. The third-order valence-electron chi connectivity index (χ3n) is 5.53. The summed E-state index contributed by atoms with van der Waals surface area (Å²) in [5, 5.41) is 9.70. The van der Waals surface area contributed by atoms with Crippen molar-refractivity contribution in [2.75, 3.05) is 38.8 Å². The molecule has 1 saturated heterocycles. The van der Waals surface area contributed by atoms with Crippen molar-refractivity contribution in [3.63, 3.8) is 0 Å². The molecular weight excluding hydrogens is 364 g/mol. The zero-order valence-corrected chi connectivity index (χ0v) is 17.1. The lowest BCUT2D eigenvalue weighted by molar-refractivity contribution is 0.173. The fraction of sp³-hybridized carbons (Fsp3) is 0.435. The Kier molecular flexibility index (Phi) is 6.64. The summed E-state index contributed by atoms with van der Waals surface area (Å²) in [6.45, 7) is 4.40. The molecule has 0 unspecified atom stereocenters. The van der Waals surface area contributed by atoms with Crippen molar-refractivity contribution in [1.29, 1.82) is 0 Å². The number of aromatic amines is 1. The number of anilines is 1. The van der Waals surface area contributed by atoms with Gasteiger partial charge in [0.15, 0.2) is 5.82 Å². The topological polar surface area (TPSA) is 62.4 Å². The molecule has 0 saturated carbocycles. The first kappa shape index (κ1) is 19.7. The third kappa shape index (κ3) is 5.28. The molecule has 1 aliphatic rings. The van der Waals surface area contributed by atoms with E-state index in [9.17, 15) is 0 Å². The van der Waals surface area contributed by atoms with Crippen molar-refractivity contribution < 1.29 is 9.57 Å². The van der Waals surface area contributed by atoms with E-state index >= 15 is 0 Å². The van der Waals surface area contributed by atoms with Crippen molar-refractivity contribution in [2.45, 2.75) is 32.1 Å². The van der Waals surface area contributed by atoms with E-state index in [1.807, 2.05) is 18.2 Å². The van der Waals surface area contributed by atoms with E-state index < -0.39 is 0 Å². The average Bonchev–Trinajstić information content (AvgIpc) is 3.25. The summed E-state index contributed by atoms with van der Waals surface area (Å²) in [7, 11) is 1.69. The molecule has 1 aromatic heterocycles. The van der Waals surface area contributed by atoms with Gasteiger partial charge in [0.2, 0.25) is 0 Å². The predicted molar refractivity (Wildman–Crippen MR) is 117 cm³/mol. The molecule has 3 aromatic rings. The summed E-state index contributed by atoms with van der Waals surface area (Å²) in [6, 6.07) is 14.4. The molecule has 154 valence electrons. The summed E-state index contributed by atoms with van der Waals surface area (Å²) in [6.07, 6.45) is 6.32. The Hall–Kier alpha value is -2.57. The fourth-order valence-corrected chi connectivity index (χ4v) is 3.86. The number of hydrogen-bond acceptors (Lipinski definition) is 5. The first-order valence-electron chi connectivity index (χ1n) is 10.6. The minimum Gasteiger partial charge on any atom is -0.497 e. The van der Waals surface area contributed by atoms with Gasteiger partial charge in [-0.05, 0) is 74.3 Å². The van der Waals surface area contributed by atoms with Gasteiger partial charge in [-0.25, -0.2) is 5.48 Å². The van der Waals surface area contributed by atoms with Crippen LogP contribution in [-0.4, -0.2) is 48.4 Å². The second-order valence-electron chi connectivity index (χ2n) is 7.65. The van der Waals surface area contributed by atoms with Crippen LogP contribution in [0.1, 0.15) is 32.1 Å². The van der Waals surface area contributed by atoms with E-state index in [4.69, 9.17) is 9.57 Å². The Labute approximate surface area is 172 Å². The lowest BCUT2D eigenvalue weighted by Gasteiger charge is -2.26. The summed E-state index contributed by atoms with van der Waals surface area (Å²) in [4.78, 5) is 8.16. The highest BCUT2D eigenvalue weighted by Crippen LogP contribution is 2.27. The van der Waals surface area contributed by atoms with E-state index in [2.05, 4.69) is 44.8 Å². The normalized spacial score (nSPS) is 14.9. The van der Waals surface area contributed by atoms with Gasteiger partial charge in [0, 0.05) is 11.6 Å². The molecule has 1 fully saturated rings. The number of methoxy groups -OCH3 is 1. The maximum Gasteiger partial charge on any atom is 0.172 e. The number of H-pyrrole nitrogens is 1. The molecule has 2 heterocycles. The molecule has 0 spiro atoms. The van der Waals surface area contributed by atoms with Crippen LogP contribution >= 0.6 is 0 Å². The Morgan fingerprint density at radius 2 is 1.83 bits per heavy atom. The zero-order valence-electron chi connectivity index (χ0n) is 17.1. The smallest absolute Gasteiger partial charge is 0.172 e. The van der Waals surface area contributed by atoms with Gasteiger partial charge in [-0.3, -0.25) is 9.94 Å². The van der Waals surface area contributed by atoms with Crippen LogP contribution in [0.2, 0.25) is 0 Å². The van der Waals surface area contributed by atoms with Crippen LogP contribution in [0.5, 0.6) is 5.75 Å². The highest BCUT2D eigenvalue weighted by atomic mass is 16.6. The van der Waals surface area contributed by atoms with Crippen LogP contribution < -0.4 is 10.2 Å².